The van der Waals surface area contributed by atoms with Gasteiger partial charge in [0.2, 0.25) is 5.88 Å². The molecule has 1 atom stereocenters. The average molecular weight is 501 g/mol. The van der Waals surface area contributed by atoms with Crippen molar-refractivity contribution in [2.75, 3.05) is 23.3 Å². The molecule has 3 aromatic carbocycles. The van der Waals surface area contributed by atoms with Gasteiger partial charge in [-0.25, -0.2) is 9.18 Å². The summed E-state index contributed by atoms with van der Waals surface area (Å²) in [4.78, 5) is 27.1. The Kier molecular flexibility index (Phi) is 6.02. The Morgan fingerprint density at radius 3 is 2.49 bits per heavy atom. The molecule has 0 amide bonds. The van der Waals surface area contributed by atoms with Crippen molar-refractivity contribution in [3.05, 3.63) is 105 Å². The van der Waals surface area contributed by atoms with Gasteiger partial charge in [-0.2, -0.15) is 0 Å². The summed E-state index contributed by atoms with van der Waals surface area (Å²) in [6.07, 6.45) is 0. The molecule has 37 heavy (non-hydrogen) atoms. The monoisotopic (exact) mass is 500 g/mol. The van der Waals surface area contributed by atoms with Gasteiger partial charge in [-0.3, -0.25) is 4.79 Å². The summed E-state index contributed by atoms with van der Waals surface area (Å²) in [5, 5.41) is 13.3. The molecule has 0 spiro atoms. The minimum absolute atomic E-state index is 0.112. The summed E-state index contributed by atoms with van der Waals surface area (Å²) in [6, 6.07) is 16.9. The fourth-order valence-electron chi connectivity index (χ4n) is 5.35. The van der Waals surface area contributed by atoms with E-state index in [-0.39, 0.29) is 22.9 Å². The van der Waals surface area contributed by atoms with Crippen LogP contribution in [0.1, 0.15) is 52.5 Å². The average Bonchev–Trinajstić information content (AvgIpc) is 2.84. The van der Waals surface area contributed by atoms with E-state index in [4.69, 9.17) is 4.42 Å². The van der Waals surface area contributed by atoms with Crippen molar-refractivity contribution in [3.63, 3.8) is 0 Å². The molecule has 5 rings (SSSR count). The van der Waals surface area contributed by atoms with E-state index in [9.17, 15) is 19.1 Å². The summed E-state index contributed by atoms with van der Waals surface area (Å²) >= 11 is 0. The first-order valence-corrected chi connectivity index (χ1v) is 12.3. The smallest absolute Gasteiger partial charge is 0.337 e. The van der Waals surface area contributed by atoms with Crippen LogP contribution >= 0.6 is 0 Å². The molecule has 0 bridgehead atoms. The predicted octanol–water partition coefficient (Wildman–Crippen LogP) is 6.20. The number of anilines is 2. The van der Waals surface area contributed by atoms with E-state index in [1.807, 2.05) is 43.9 Å². The Bertz CT molecular complexity index is 1590. The van der Waals surface area contributed by atoms with E-state index in [2.05, 4.69) is 5.32 Å². The van der Waals surface area contributed by atoms with Gasteiger partial charge in [0.15, 0.2) is 5.43 Å². The number of nitrogens with zero attached hydrogens (tertiary/aromatic N) is 1. The van der Waals surface area contributed by atoms with Gasteiger partial charge < -0.3 is 19.7 Å². The number of hydrogen-bond donors (Lipinski definition) is 2. The summed E-state index contributed by atoms with van der Waals surface area (Å²) in [5.41, 5.74) is 3.42. The van der Waals surface area contributed by atoms with Gasteiger partial charge in [0.1, 0.15) is 11.4 Å². The van der Waals surface area contributed by atoms with E-state index < -0.39 is 11.4 Å². The van der Waals surface area contributed by atoms with E-state index >= 15 is 0 Å². The van der Waals surface area contributed by atoms with E-state index in [1.165, 1.54) is 6.07 Å². The molecule has 2 heterocycles. The lowest BCUT2D eigenvalue weighted by atomic mass is 9.75. The fraction of sp³-hybridized carbons (Fsp3) is 0.267. The van der Waals surface area contributed by atoms with Crippen LogP contribution in [-0.4, -0.2) is 24.2 Å². The van der Waals surface area contributed by atoms with Gasteiger partial charge >= 0.3 is 5.97 Å². The molecule has 0 aliphatic carbocycles. The van der Waals surface area contributed by atoms with E-state index in [0.717, 1.165) is 11.1 Å². The number of hydrogen-bond acceptors (Lipinski definition) is 5. The molecule has 2 N–H and O–H groups in total. The van der Waals surface area contributed by atoms with Gasteiger partial charge in [-0.05, 0) is 56.2 Å². The van der Waals surface area contributed by atoms with E-state index in [1.54, 1.807) is 43.3 Å². The van der Waals surface area contributed by atoms with Gasteiger partial charge in [0, 0.05) is 29.8 Å². The molecule has 1 unspecified atom stereocenters. The topological polar surface area (TPSA) is 82.8 Å². The van der Waals surface area contributed by atoms with Gasteiger partial charge in [0.05, 0.1) is 22.6 Å². The highest BCUT2D eigenvalue weighted by Gasteiger charge is 2.43. The maximum Gasteiger partial charge on any atom is 0.337 e. The molecule has 4 aromatic rings. The van der Waals surface area contributed by atoms with Gasteiger partial charge in [-0.1, -0.05) is 43.3 Å². The molecule has 1 fully saturated rings. The quantitative estimate of drug-likeness (QED) is 0.328. The largest absolute Gasteiger partial charge is 0.478 e. The number of nitrogens with one attached hydrogen (secondary N) is 1. The lowest BCUT2D eigenvalue weighted by molar-refractivity contribution is 0.0698. The lowest BCUT2D eigenvalue weighted by Crippen LogP contribution is -2.58. The number of carboxylic acids is 1. The second-order valence-corrected chi connectivity index (χ2v) is 10.2. The number of rotatable bonds is 6. The van der Waals surface area contributed by atoms with Crippen LogP contribution in [0.2, 0.25) is 0 Å². The second-order valence-electron chi connectivity index (χ2n) is 10.2. The van der Waals surface area contributed by atoms with Crippen molar-refractivity contribution >= 4 is 28.5 Å². The Morgan fingerprint density at radius 1 is 1.11 bits per heavy atom. The van der Waals surface area contributed by atoms with Crippen LogP contribution in [0.15, 0.2) is 69.9 Å². The van der Waals surface area contributed by atoms with Crippen LogP contribution in [-0.2, 0) is 5.41 Å². The molecule has 0 radical (unpaired) electrons. The summed E-state index contributed by atoms with van der Waals surface area (Å²) in [5.74, 6) is -0.778. The third kappa shape index (κ3) is 4.24. The molecule has 1 aliphatic rings. The maximum atomic E-state index is 14.5. The number of carbonyl (C=O) groups is 1. The molecule has 0 saturated carbocycles. The van der Waals surface area contributed by atoms with E-state index in [0.29, 0.717) is 46.8 Å². The van der Waals surface area contributed by atoms with Crippen molar-refractivity contribution in [3.8, 4) is 0 Å². The van der Waals surface area contributed by atoms with Crippen LogP contribution in [0.4, 0.5) is 16.0 Å². The minimum atomic E-state index is -1.02. The Balaban J connectivity index is 1.54. The second kappa shape index (κ2) is 9.07. The highest BCUT2D eigenvalue weighted by atomic mass is 19.1. The van der Waals surface area contributed by atoms with Crippen molar-refractivity contribution in [2.45, 2.75) is 39.2 Å². The van der Waals surface area contributed by atoms with Crippen LogP contribution in [0.3, 0.4) is 0 Å². The highest BCUT2D eigenvalue weighted by Crippen LogP contribution is 2.40. The first-order valence-electron chi connectivity index (χ1n) is 12.3. The highest BCUT2D eigenvalue weighted by molar-refractivity contribution is 5.94. The van der Waals surface area contributed by atoms with Crippen molar-refractivity contribution in [1.82, 2.24) is 0 Å². The zero-order chi connectivity index (χ0) is 26.5. The Labute approximate surface area is 214 Å². The van der Waals surface area contributed by atoms with Crippen LogP contribution in [0, 0.1) is 19.7 Å². The van der Waals surface area contributed by atoms with Crippen LogP contribution in [0.25, 0.3) is 11.0 Å². The summed E-state index contributed by atoms with van der Waals surface area (Å²) < 4.78 is 20.9. The van der Waals surface area contributed by atoms with Gasteiger partial charge in [-0.15, -0.1) is 0 Å². The standard InChI is InChI=1S/C30H29FN2O4/c1-17-13-21(19(3)32-25-12-8-5-9-20(25)29(35)36)27-22(14-17)26(34)18(2)28(37-27)33-15-30(4,16-33)23-10-6-7-11-24(23)31/h5-14,19,32H,15-16H2,1-4H3,(H,35,36). The Hall–Kier alpha value is -4.13. The number of benzene rings is 3. The third-order valence-corrected chi connectivity index (χ3v) is 7.25. The molecule has 1 aromatic heterocycles. The SMILES string of the molecule is Cc1cc(C(C)Nc2ccccc2C(=O)O)c2oc(N3CC(C)(c4ccccc4F)C3)c(C)c(=O)c2c1. The lowest BCUT2D eigenvalue weighted by Gasteiger charge is -2.49. The number of para-hydroxylation sites is 1. The normalized spacial score (nSPS) is 15.3. The van der Waals surface area contributed by atoms with Crippen LogP contribution in [0.5, 0.6) is 0 Å². The molecule has 1 saturated heterocycles. The molecular formula is C30H29FN2O4. The molecular weight excluding hydrogens is 471 g/mol. The Morgan fingerprint density at radius 2 is 1.78 bits per heavy atom. The molecule has 190 valence electrons. The predicted molar refractivity (Wildman–Crippen MR) is 143 cm³/mol. The van der Waals surface area contributed by atoms with Gasteiger partial charge in [0.25, 0.3) is 0 Å². The third-order valence-electron chi connectivity index (χ3n) is 7.25. The molecule has 6 nitrogen and oxygen atoms in total. The number of halogens is 1. The first-order chi connectivity index (χ1) is 17.6. The fourth-order valence-corrected chi connectivity index (χ4v) is 5.35. The number of fused-ring (bicyclic) bond motifs is 1. The summed E-state index contributed by atoms with van der Waals surface area (Å²) in [7, 11) is 0. The molecule has 7 heteroatoms. The van der Waals surface area contributed by atoms with Crippen molar-refractivity contribution in [2.24, 2.45) is 0 Å². The first kappa shape index (κ1) is 24.6. The minimum Gasteiger partial charge on any atom is -0.478 e. The zero-order valence-corrected chi connectivity index (χ0v) is 21.3. The number of carboxylic acid groups (broad SMARTS) is 1. The van der Waals surface area contributed by atoms with Crippen LogP contribution < -0.4 is 15.6 Å². The molecule has 1 aliphatic heterocycles. The zero-order valence-electron chi connectivity index (χ0n) is 21.3. The van der Waals surface area contributed by atoms with Crippen molar-refractivity contribution < 1.29 is 18.7 Å². The maximum absolute atomic E-state index is 14.5. The summed E-state index contributed by atoms with van der Waals surface area (Å²) in [6.45, 7) is 8.63. The number of aryl methyl sites for hydroxylation is 1. The van der Waals surface area contributed by atoms with Crippen molar-refractivity contribution in [1.29, 1.82) is 0 Å². The number of aromatic carboxylic acids is 1.